The molecule has 32 heavy (non-hydrogen) atoms. The van der Waals surface area contributed by atoms with Crippen LogP contribution in [-0.2, 0) is 16.1 Å². The van der Waals surface area contributed by atoms with Gasteiger partial charge in [0.05, 0.1) is 12.7 Å². The smallest absolute Gasteiger partial charge is 0.252 e. The lowest BCUT2D eigenvalue weighted by atomic mass is 10.0. The fourth-order valence-corrected chi connectivity index (χ4v) is 3.99. The molecule has 172 valence electrons. The Morgan fingerprint density at radius 1 is 1.09 bits per heavy atom. The zero-order valence-corrected chi connectivity index (χ0v) is 19.3. The van der Waals surface area contributed by atoms with Crippen LogP contribution in [0.1, 0.15) is 41.8 Å². The van der Waals surface area contributed by atoms with Crippen LogP contribution < -0.4 is 10.6 Å². The van der Waals surface area contributed by atoms with Crippen molar-refractivity contribution in [3.05, 3.63) is 71.3 Å². The molecule has 3 rings (SSSR count). The van der Waals surface area contributed by atoms with Crippen LogP contribution in [0.5, 0.6) is 0 Å². The normalized spacial score (nSPS) is 17.7. The average Bonchev–Trinajstić information content (AvgIpc) is 2.78. The lowest BCUT2D eigenvalue weighted by molar-refractivity contribution is -0.124. The van der Waals surface area contributed by atoms with E-state index >= 15 is 0 Å². The summed E-state index contributed by atoms with van der Waals surface area (Å²) in [4.78, 5) is 28.1. The number of hydrogen-bond donors (Lipinski definition) is 2. The zero-order chi connectivity index (χ0) is 22.9. The Labute approximate surface area is 191 Å². The van der Waals surface area contributed by atoms with Crippen molar-refractivity contribution in [3.8, 4) is 0 Å². The van der Waals surface area contributed by atoms with E-state index in [1.165, 1.54) is 5.56 Å². The molecule has 0 radical (unpaired) electrons. The molecule has 0 aromatic heterocycles. The van der Waals surface area contributed by atoms with E-state index in [4.69, 9.17) is 4.74 Å². The predicted molar refractivity (Wildman–Crippen MR) is 126 cm³/mol. The van der Waals surface area contributed by atoms with E-state index in [9.17, 15) is 9.59 Å². The molecule has 0 bridgehead atoms. The average molecular weight is 438 g/mol. The van der Waals surface area contributed by atoms with Crippen LogP contribution in [0.25, 0.3) is 0 Å². The molecule has 1 aliphatic rings. The summed E-state index contributed by atoms with van der Waals surface area (Å²) >= 11 is 0. The number of carbonyl (C=O) groups excluding carboxylic acids is 2. The van der Waals surface area contributed by atoms with Crippen LogP contribution in [0.15, 0.2) is 54.6 Å². The fraction of sp³-hybridized carbons (Fsp3) is 0.462. The van der Waals surface area contributed by atoms with Crippen molar-refractivity contribution in [2.24, 2.45) is 5.92 Å². The van der Waals surface area contributed by atoms with Crippen LogP contribution in [-0.4, -0.2) is 55.1 Å². The number of benzene rings is 2. The molecule has 2 atom stereocenters. The number of morpholine rings is 1. The van der Waals surface area contributed by atoms with Gasteiger partial charge in [-0.15, -0.1) is 0 Å². The van der Waals surface area contributed by atoms with E-state index in [0.29, 0.717) is 25.1 Å². The lowest BCUT2D eigenvalue weighted by Crippen LogP contribution is -2.52. The quantitative estimate of drug-likeness (QED) is 0.632. The molecule has 2 unspecified atom stereocenters. The molecular formula is C26H35N3O3. The van der Waals surface area contributed by atoms with Gasteiger partial charge >= 0.3 is 0 Å². The number of rotatable bonds is 9. The summed E-state index contributed by atoms with van der Waals surface area (Å²) in [5, 5.41) is 5.94. The predicted octanol–water partition coefficient (Wildman–Crippen LogP) is 3.16. The van der Waals surface area contributed by atoms with E-state index in [0.717, 1.165) is 25.2 Å². The Balaban J connectivity index is 1.54. The Morgan fingerprint density at radius 3 is 2.53 bits per heavy atom. The first-order valence-corrected chi connectivity index (χ1v) is 11.4. The molecule has 2 aromatic rings. The van der Waals surface area contributed by atoms with Gasteiger partial charge in [-0.3, -0.25) is 14.5 Å². The summed E-state index contributed by atoms with van der Waals surface area (Å²) in [7, 11) is 0. The SMILES string of the molecule is Cc1ccccc1C(=O)NC(CC(C)C)C(=O)NCC1CN(Cc2ccccc2)CCO1. The van der Waals surface area contributed by atoms with Gasteiger partial charge in [0.25, 0.3) is 5.91 Å². The van der Waals surface area contributed by atoms with Crippen molar-refractivity contribution in [1.82, 2.24) is 15.5 Å². The third-order valence-electron chi connectivity index (χ3n) is 5.69. The van der Waals surface area contributed by atoms with Crippen molar-refractivity contribution in [3.63, 3.8) is 0 Å². The maximum atomic E-state index is 13.0. The monoisotopic (exact) mass is 437 g/mol. The second-order valence-corrected chi connectivity index (χ2v) is 8.93. The highest BCUT2D eigenvalue weighted by molar-refractivity contribution is 5.98. The molecule has 1 saturated heterocycles. The molecule has 2 N–H and O–H groups in total. The number of nitrogens with one attached hydrogen (secondary N) is 2. The molecule has 2 aromatic carbocycles. The van der Waals surface area contributed by atoms with Crippen molar-refractivity contribution in [1.29, 1.82) is 0 Å². The van der Waals surface area contributed by atoms with Crippen molar-refractivity contribution >= 4 is 11.8 Å². The lowest BCUT2D eigenvalue weighted by Gasteiger charge is -2.33. The highest BCUT2D eigenvalue weighted by atomic mass is 16.5. The van der Waals surface area contributed by atoms with Gasteiger partial charge in [-0.2, -0.15) is 0 Å². The van der Waals surface area contributed by atoms with Crippen LogP contribution in [0.2, 0.25) is 0 Å². The molecule has 0 spiro atoms. The van der Waals surface area contributed by atoms with Crippen molar-refractivity contribution < 1.29 is 14.3 Å². The minimum absolute atomic E-state index is 0.0665. The van der Waals surface area contributed by atoms with E-state index in [2.05, 4.69) is 27.7 Å². The van der Waals surface area contributed by atoms with Gasteiger partial charge in [0, 0.05) is 31.7 Å². The van der Waals surface area contributed by atoms with Gasteiger partial charge in [0.15, 0.2) is 0 Å². The van der Waals surface area contributed by atoms with Gasteiger partial charge in [-0.25, -0.2) is 0 Å². The number of hydrogen-bond acceptors (Lipinski definition) is 4. The van der Waals surface area contributed by atoms with Crippen molar-refractivity contribution in [2.75, 3.05) is 26.2 Å². The Morgan fingerprint density at radius 2 is 1.81 bits per heavy atom. The second-order valence-electron chi connectivity index (χ2n) is 8.93. The summed E-state index contributed by atoms with van der Waals surface area (Å²) in [6, 6.07) is 17.2. The molecule has 2 amide bonds. The third kappa shape index (κ3) is 7.18. The van der Waals surface area contributed by atoms with Crippen molar-refractivity contribution in [2.45, 2.75) is 45.9 Å². The number of carbonyl (C=O) groups is 2. The standard InChI is InChI=1S/C26H35N3O3/c1-19(2)15-24(28-25(30)23-12-8-7-9-20(23)3)26(31)27-16-22-18-29(13-14-32-22)17-21-10-5-4-6-11-21/h4-12,19,22,24H,13-18H2,1-3H3,(H,27,31)(H,28,30). The van der Waals surface area contributed by atoms with Gasteiger partial charge in [-0.05, 0) is 36.5 Å². The molecule has 1 aliphatic heterocycles. The Kier molecular flexibility index (Phi) is 8.82. The second kappa shape index (κ2) is 11.8. The number of aryl methyl sites for hydroxylation is 1. The first-order valence-electron chi connectivity index (χ1n) is 11.4. The molecule has 1 heterocycles. The van der Waals surface area contributed by atoms with Crippen LogP contribution in [0, 0.1) is 12.8 Å². The summed E-state index contributed by atoms with van der Waals surface area (Å²) in [6.07, 6.45) is 0.512. The Bertz CT molecular complexity index is 885. The molecule has 1 fully saturated rings. The topological polar surface area (TPSA) is 70.7 Å². The molecule has 0 saturated carbocycles. The maximum absolute atomic E-state index is 13.0. The summed E-state index contributed by atoms with van der Waals surface area (Å²) in [5.41, 5.74) is 2.76. The highest BCUT2D eigenvalue weighted by Crippen LogP contribution is 2.12. The van der Waals surface area contributed by atoms with Gasteiger partial charge < -0.3 is 15.4 Å². The largest absolute Gasteiger partial charge is 0.374 e. The fourth-order valence-electron chi connectivity index (χ4n) is 3.99. The number of nitrogens with zero attached hydrogens (tertiary/aromatic N) is 1. The molecule has 0 aliphatic carbocycles. The van der Waals surface area contributed by atoms with Gasteiger partial charge in [0.1, 0.15) is 6.04 Å². The van der Waals surface area contributed by atoms with Gasteiger partial charge in [-0.1, -0.05) is 62.4 Å². The summed E-state index contributed by atoms with van der Waals surface area (Å²) in [6.45, 7) is 9.58. The molecule has 6 heteroatoms. The minimum Gasteiger partial charge on any atom is -0.374 e. The van der Waals surface area contributed by atoms with Crippen LogP contribution in [0.3, 0.4) is 0 Å². The molecule has 6 nitrogen and oxygen atoms in total. The Hall–Kier alpha value is -2.70. The van der Waals surface area contributed by atoms with Crippen LogP contribution in [0.4, 0.5) is 0 Å². The first-order chi connectivity index (χ1) is 15.4. The zero-order valence-electron chi connectivity index (χ0n) is 19.3. The summed E-state index contributed by atoms with van der Waals surface area (Å²) < 4.78 is 5.88. The summed E-state index contributed by atoms with van der Waals surface area (Å²) in [5.74, 6) is -0.105. The van der Waals surface area contributed by atoms with E-state index in [-0.39, 0.29) is 23.8 Å². The first kappa shape index (κ1) is 24.0. The minimum atomic E-state index is -0.578. The van der Waals surface area contributed by atoms with E-state index in [1.807, 2.05) is 57.2 Å². The van der Waals surface area contributed by atoms with Crippen LogP contribution >= 0.6 is 0 Å². The maximum Gasteiger partial charge on any atom is 0.252 e. The number of ether oxygens (including phenoxy) is 1. The van der Waals surface area contributed by atoms with E-state index in [1.54, 1.807) is 6.07 Å². The number of amides is 2. The molecular weight excluding hydrogens is 402 g/mol. The van der Waals surface area contributed by atoms with Gasteiger partial charge in [0.2, 0.25) is 5.91 Å². The highest BCUT2D eigenvalue weighted by Gasteiger charge is 2.26. The third-order valence-corrected chi connectivity index (χ3v) is 5.69. The van der Waals surface area contributed by atoms with E-state index < -0.39 is 6.04 Å².